The fraction of sp³-hybridized carbons (Fsp3) is 0.500. The zero-order valence-electron chi connectivity index (χ0n) is 9.17. The Morgan fingerprint density at radius 2 is 2.38 bits per heavy atom. The average molecular weight is 305 g/mol. The van der Waals surface area contributed by atoms with Crippen molar-refractivity contribution in [2.45, 2.75) is 32.0 Å². The Morgan fingerprint density at radius 1 is 1.56 bits per heavy atom. The van der Waals surface area contributed by atoms with E-state index in [1.54, 1.807) is 0 Å². The van der Waals surface area contributed by atoms with E-state index in [4.69, 9.17) is 16.3 Å². The van der Waals surface area contributed by atoms with Crippen molar-refractivity contribution >= 4 is 27.5 Å². The van der Waals surface area contributed by atoms with Gasteiger partial charge in [0.15, 0.2) is 0 Å². The SMILES string of the molecule is CC1OCCC1NCc1ccc(Cl)c(Br)c1. The number of nitrogens with one attached hydrogen (secondary N) is 1. The number of hydrogen-bond donors (Lipinski definition) is 1. The van der Waals surface area contributed by atoms with Gasteiger partial charge in [-0.05, 0) is 47.0 Å². The molecular weight excluding hydrogens is 289 g/mol. The van der Waals surface area contributed by atoms with E-state index in [9.17, 15) is 0 Å². The summed E-state index contributed by atoms with van der Waals surface area (Å²) in [6.07, 6.45) is 1.41. The highest BCUT2D eigenvalue weighted by atomic mass is 79.9. The lowest BCUT2D eigenvalue weighted by Gasteiger charge is -2.16. The van der Waals surface area contributed by atoms with Crippen LogP contribution in [0.15, 0.2) is 22.7 Å². The molecule has 1 aromatic carbocycles. The molecule has 2 nitrogen and oxygen atoms in total. The van der Waals surface area contributed by atoms with Gasteiger partial charge in [-0.15, -0.1) is 0 Å². The molecule has 0 bridgehead atoms. The zero-order chi connectivity index (χ0) is 11.5. The fourth-order valence-electron chi connectivity index (χ4n) is 1.90. The molecule has 0 spiro atoms. The van der Waals surface area contributed by atoms with Crippen molar-refractivity contribution in [2.24, 2.45) is 0 Å². The summed E-state index contributed by atoms with van der Waals surface area (Å²) in [7, 11) is 0. The zero-order valence-corrected chi connectivity index (χ0v) is 11.5. The summed E-state index contributed by atoms with van der Waals surface area (Å²) in [6, 6.07) is 6.47. The molecule has 1 fully saturated rings. The molecule has 2 atom stereocenters. The van der Waals surface area contributed by atoms with Gasteiger partial charge in [0.2, 0.25) is 0 Å². The summed E-state index contributed by atoms with van der Waals surface area (Å²) in [5.41, 5.74) is 1.23. The molecule has 1 heterocycles. The van der Waals surface area contributed by atoms with E-state index in [-0.39, 0.29) is 0 Å². The molecule has 1 aliphatic rings. The van der Waals surface area contributed by atoms with Crippen LogP contribution in [0.25, 0.3) is 0 Å². The van der Waals surface area contributed by atoms with E-state index in [0.717, 1.165) is 29.1 Å². The molecule has 0 aromatic heterocycles. The average Bonchev–Trinajstić information content (AvgIpc) is 2.66. The van der Waals surface area contributed by atoms with Gasteiger partial charge in [0, 0.05) is 23.7 Å². The number of halogens is 2. The molecule has 0 amide bonds. The Labute approximate surface area is 109 Å². The largest absolute Gasteiger partial charge is 0.377 e. The van der Waals surface area contributed by atoms with Crippen molar-refractivity contribution in [2.75, 3.05) is 6.61 Å². The molecule has 1 saturated heterocycles. The minimum absolute atomic E-state index is 0.316. The minimum atomic E-state index is 0.316. The van der Waals surface area contributed by atoms with E-state index in [2.05, 4.69) is 34.2 Å². The van der Waals surface area contributed by atoms with Gasteiger partial charge >= 0.3 is 0 Å². The second-order valence-electron chi connectivity index (χ2n) is 4.10. The fourth-order valence-corrected chi connectivity index (χ4v) is 2.44. The molecule has 1 N–H and O–H groups in total. The summed E-state index contributed by atoms with van der Waals surface area (Å²) < 4.78 is 6.45. The summed E-state index contributed by atoms with van der Waals surface area (Å²) >= 11 is 9.37. The van der Waals surface area contributed by atoms with Crippen LogP contribution in [0.1, 0.15) is 18.9 Å². The highest BCUT2D eigenvalue weighted by molar-refractivity contribution is 9.10. The van der Waals surface area contributed by atoms with E-state index >= 15 is 0 Å². The molecule has 88 valence electrons. The molecule has 16 heavy (non-hydrogen) atoms. The monoisotopic (exact) mass is 303 g/mol. The van der Waals surface area contributed by atoms with Gasteiger partial charge in [-0.3, -0.25) is 0 Å². The maximum absolute atomic E-state index is 5.94. The summed E-state index contributed by atoms with van der Waals surface area (Å²) in [5.74, 6) is 0. The predicted octanol–water partition coefficient (Wildman–Crippen LogP) is 3.37. The lowest BCUT2D eigenvalue weighted by Crippen LogP contribution is -2.34. The van der Waals surface area contributed by atoms with Crippen molar-refractivity contribution in [1.29, 1.82) is 0 Å². The first-order chi connectivity index (χ1) is 7.66. The third kappa shape index (κ3) is 2.98. The van der Waals surface area contributed by atoms with Crippen LogP contribution in [-0.4, -0.2) is 18.8 Å². The molecular formula is C12H15BrClNO. The minimum Gasteiger partial charge on any atom is -0.377 e. The van der Waals surface area contributed by atoms with Crippen LogP contribution >= 0.6 is 27.5 Å². The number of benzene rings is 1. The van der Waals surface area contributed by atoms with Crippen LogP contribution in [0, 0.1) is 0 Å². The van der Waals surface area contributed by atoms with Gasteiger partial charge in [0.05, 0.1) is 11.1 Å². The van der Waals surface area contributed by atoms with Gasteiger partial charge in [0.1, 0.15) is 0 Å². The molecule has 1 aromatic rings. The highest BCUT2D eigenvalue weighted by Crippen LogP contribution is 2.23. The Balaban J connectivity index is 1.91. The Kier molecular flexibility index (Phi) is 4.25. The van der Waals surface area contributed by atoms with Gasteiger partial charge in [-0.1, -0.05) is 17.7 Å². The van der Waals surface area contributed by atoms with E-state index in [1.807, 2.05) is 12.1 Å². The molecule has 2 rings (SSSR count). The van der Waals surface area contributed by atoms with Gasteiger partial charge in [0.25, 0.3) is 0 Å². The number of hydrogen-bond acceptors (Lipinski definition) is 2. The van der Waals surface area contributed by atoms with Crippen molar-refractivity contribution in [3.05, 3.63) is 33.3 Å². The van der Waals surface area contributed by atoms with E-state index in [1.165, 1.54) is 5.56 Å². The lowest BCUT2D eigenvalue weighted by atomic mass is 10.1. The Bertz CT molecular complexity index is 372. The first kappa shape index (κ1) is 12.4. The highest BCUT2D eigenvalue weighted by Gasteiger charge is 2.23. The van der Waals surface area contributed by atoms with Crippen molar-refractivity contribution in [3.63, 3.8) is 0 Å². The van der Waals surface area contributed by atoms with Crippen LogP contribution in [0.4, 0.5) is 0 Å². The molecule has 0 radical (unpaired) electrons. The van der Waals surface area contributed by atoms with Crippen molar-refractivity contribution < 1.29 is 4.74 Å². The third-order valence-electron chi connectivity index (χ3n) is 2.93. The van der Waals surface area contributed by atoms with Gasteiger partial charge < -0.3 is 10.1 Å². The molecule has 2 unspecified atom stereocenters. The normalized spacial score (nSPS) is 24.9. The number of rotatable bonds is 3. The van der Waals surface area contributed by atoms with E-state index in [0.29, 0.717) is 12.1 Å². The third-order valence-corrected chi connectivity index (χ3v) is 4.14. The lowest BCUT2D eigenvalue weighted by molar-refractivity contribution is 0.113. The second-order valence-corrected chi connectivity index (χ2v) is 5.36. The second kappa shape index (κ2) is 5.50. The standard InChI is InChI=1S/C12H15BrClNO/c1-8-12(4-5-16-8)15-7-9-2-3-11(14)10(13)6-9/h2-3,6,8,12,15H,4-5,7H2,1H3. The molecule has 0 saturated carbocycles. The Morgan fingerprint density at radius 3 is 3.00 bits per heavy atom. The van der Waals surface area contributed by atoms with Crippen LogP contribution in [0.3, 0.4) is 0 Å². The van der Waals surface area contributed by atoms with Crippen LogP contribution in [0.5, 0.6) is 0 Å². The number of ether oxygens (including phenoxy) is 1. The maximum Gasteiger partial charge on any atom is 0.0700 e. The smallest absolute Gasteiger partial charge is 0.0700 e. The van der Waals surface area contributed by atoms with Crippen molar-refractivity contribution in [1.82, 2.24) is 5.32 Å². The maximum atomic E-state index is 5.94. The molecule has 1 aliphatic heterocycles. The topological polar surface area (TPSA) is 21.3 Å². The first-order valence-corrected chi connectivity index (χ1v) is 6.63. The summed E-state index contributed by atoms with van der Waals surface area (Å²) in [5, 5.41) is 4.26. The van der Waals surface area contributed by atoms with Gasteiger partial charge in [-0.25, -0.2) is 0 Å². The van der Waals surface area contributed by atoms with Crippen LogP contribution < -0.4 is 5.32 Å². The summed E-state index contributed by atoms with van der Waals surface area (Å²) in [6.45, 7) is 3.83. The van der Waals surface area contributed by atoms with Crippen LogP contribution in [0.2, 0.25) is 5.02 Å². The molecule has 0 aliphatic carbocycles. The first-order valence-electron chi connectivity index (χ1n) is 5.46. The quantitative estimate of drug-likeness (QED) is 0.924. The van der Waals surface area contributed by atoms with Crippen molar-refractivity contribution in [3.8, 4) is 0 Å². The summed E-state index contributed by atoms with van der Waals surface area (Å²) in [4.78, 5) is 0. The van der Waals surface area contributed by atoms with E-state index < -0.39 is 0 Å². The van der Waals surface area contributed by atoms with Gasteiger partial charge in [-0.2, -0.15) is 0 Å². The molecule has 4 heteroatoms. The predicted molar refractivity (Wildman–Crippen MR) is 69.8 cm³/mol. The Hall–Kier alpha value is -0.0900. The van der Waals surface area contributed by atoms with Crippen LogP contribution in [-0.2, 0) is 11.3 Å².